The van der Waals surface area contributed by atoms with Crippen molar-refractivity contribution in [3.63, 3.8) is 0 Å². The van der Waals surface area contributed by atoms with Crippen LogP contribution in [0.15, 0.2) is 35.3 Å². The molecule has 3 rings (SSSR count). The van der Waals surface area contributed by atoms with Crippen LogP contribution in [0.2, 0.25) is 0 Å². The number of halogens is 1. The van der Waals surface area contributed by atoms with Gasteiger partial charge >= 0.3 is 0 Å². The molecule has 0 spiro atoms. The maximum absolute atomic E-state index is 5.46. The number of benzene rings is 1. The summed E-state index contributed by atoms with van der Waals surface area (Å²) in [6.07, 6.45) is 3.54. The number of hydrogen-bond acceptors (Lipinski definition) is 3. The molecular formula is C22H34IN5O. The molecule has 1 aliphatic heterocycles. The smallest absolute Gasteiger partial charge is 0.193 e. The topological polar surface area (TPSA) is 54.7 Å². The van der Waals surface area contributed by atoms with Crippen LogP contribution in [0.3, 0.4) is 0 Å². The monoisotopic (exact) mass is 511 g/mol. The summed E-state index contributed by atoms with van der Waals surface area (Å²) in [6, 6.07) is 10.3. The van der Waals surface area contributed by atoms with Crippen molar-refractivity contribution in [1.82, 2.24) is 20.0 Å². The van der Waals surface area contributed by atoms with Gasteiger partial charge in [-0.3, -0.25) is 4.99 Å². The lowest BCUT2D eigenvalue weighted by molar-refractivity contribution is 0.0625. The van der Waals surface area contributed by atoms with E-state index in [0.717, 1.165) is 55.3 Å². The second-order valence-corrected chi connectivity index (χ2v) is 7.56. The summed E-state index contributed by atoms with van der Waals surface area (Å²) in [6.45, 7) is 7.74. The molecule has 6 nitrogen and oxygen atoms in total. The molecule has 1 N–H and O–H groups in total. The van der Waals surface area contributed by atoms with Gasteiger partial charge in [0.1, 0.15) is 0 Å². The van der Waals surface area contributed by atoms with Crippen molar-refractivity contribution in [1.29, 1.82) is 0 Å². The van der Waals surface area contributed by atoms with Gasteiger partial charge < -0.3 is 15.0 Å². The highest BCUT2D eigenvalue weighted by Gasteiger charge is 2.17. The van der Waals surface area contributed by atoms with Crippen molar-refractivity contribution >= 4 is 29.9 Å². The third-order valence-corrected chi connectivity index (χ3v) is 5.65. The zero-order valence-corrected chi connectivity index (χ0v) is 20.3. The van der Waals surface area contributed by atoms with E-state index >= 15 is 0 Å². The van der Waals surface area contributed by atoms with Crippen LogP contribution in [0.5, 0.6) is 0 Å². The molecule has 1 saturated heterocycles. The molecule has 0 saturated carbocycles. The number of hydrogen-bond donors (Lipinski definition) is 1. The number of nitrogens with one attached hydrogen (secondary N) is 1. The van der Waals surface area contributed by atoms with Crippen molar-refractivity contribution < 1.29 is 4.74 Å². The first kappa shape index (κ1) is 23.7. The third-order valence-electron chi connectivity index (χ3n) is 5.65. The SMILES string of the molecule is CN=C(NCc1c(C)nn(-c2ccccc2)c1C)N(C)CCC1CCOCC1.I. The fourth-order valence-electron chi connectivity index (χ4n) is 3.82. The summed E-state index contributed by atoms with van der Waals surface area (Å²) < 4.78 is 7.48. The summed E-state index contributed by atoms with van der Waals surface area (Å²) in [7, 11) is 3.96. The zero-order valence-electron chi connectivity index (χ0n) is 18.0. The maximum atomic E-state index is 5.46. The number of para-hydroxylation sites is 1. The lowest BCUT2D eigenvalue weighted by atomic mass is 9.96. The molecule has 2 heterocycles. The number of aliphatic imine (C=N–C) groups is 1. The molecule has 0 atom stereocenters. The van der Waals surface area contributed by atoms with Crippen molar-refractivity contribution in [2.24, 2.45) is 10.9 Å². The molecule has 1 fully saturated rings. The average Bonchev–Trinajstić information content (AvgIpc) is 3.02. The Bertz CT molecular complexity index is 784. The lowest BCUT2D eigenvalue weighted by Crippen LogP contribution is -2.39. The zero-order chi connectivity index (χ0) is 19.9. The molecule has 0 radical (unpaired) electrons. The Kier molecular flexibility index (Phi) is 9.42. The van der Waals surface area contributed by atoms with Crippen molar-refractivity contribution in [2.45, 2.75) is 39.7 Å². The normalized spacial score (nSPS) is 15.1. The predicted molar refractivity (Wildman–Crippen MR) is 129 cm³/mol. The van der Waals surface area contributed by atoms with Crippen LogP contribution in [-0.4, -0.2) is 54.5 Å². The van der Waals surface area contributed by atoms with Gasteiger partial charge in [-0.2, -0.15) is 5.10 Å². The van der Waals surface area contributed by atoms with E-state index in [1.54, 1.807) is 0 Å². The highest BCUT2D eigenvalue weighted by molar-refractivity contribution is 14.0. The molecule has 0 bridgehead atoms. The Morgan fingerprint density at radius 1 is 1.24 bits per heavy atom. The van der Waals surface area contributed by atoms with Crippen LogP contribution in [0.1, 0.15) is 36.2 Å². The van der Waals surface area contributed by atoms with E-state index in [9.17, 15) is 0 Å². The Balaban J connectivity index is 0.00000300. The third kappa shape index (κ3) is 6.18. The number of ether oxygens (including phenoxy) is 1. The van der Waals surface area contributed by atoms with Gasteiger partial charge in [-0.15, -0.1) is 24.0 Å². The standard InChI is InChI=1S/C22H33N5O.HI/c1-17-21(18(2)27(25-17)20-8-6-5-7-9-20)16-24-22(23-3)26(4)13-10-19-11-14-28-15-12-19;/h5-9,19H,10-16H2,1-4H3,(H,23,24);1H. The van der Waals surface area contributed by atoms with Crippen LogP contribution < -0.4 is 5.32 Å². The highest BCUT2D eigenvalue weighted by Crippen LogP contribution is 2.19. The number of nitrogens with zero attached hydrogens (tertiary/aromatic N) is 4. The first-order valence-corrected chi connectivity index (χ1v) is 10.2. The van der Waals surface area contributed by atoms with Crippen molar-refractivity contribution in [3.8, 4) is 5.69 Å². The summed E-state index contributed by atoms with van der Waals surface area (Å²) in [5.41, 5.74) is 4.53. The minimum Gasteiger partial charge on any atom is -0.381 e. The number of aromatic nitrogens is 2. The molecule has 0 amide bonds. The van der Waals surface area contributed by atoms with Crippen LogP contribution >= 0.6 is 24.0 Å². The first-order chi connectivity index (χ1) is 13.6. The Hall–Kier alpha value is -1.61. The second kappa shape index (κ2) is 11.5. The molecule has 160 valence electrons. The summed E-state index contributed by atoms with van der Waals surface area (Å²) in [4.78, 5) is 6.69. The second-order valence-electron chi connectivity index (χ2n) is 7.56. The molecular weight excluding hydrogens is 477 g/mol. The molecule has 1 aliphatic rings. The molecule has 2 aromatic rings. The van der Waals surface area contributed by atoms with Crippen LogP contribution in [-0.2, 0) is 11.3 Å². The van der Waals surface area contributed by atoms with E-state index in [2.05, 4.69) is 48.2 Å². The summed E-state index contributed by atoms with van der Waals surface area (Å²) in [5.74, 6) is 1.70. The van der Waals surface area contributed by atoms with E-state index in [1.807, 2.05) is 29.9 Å². The average molecular weight is 511 g/mol. The molecule has 1 aromatic carbocycles. The van der Waals surface area contributed by atoms with Gasteiger partial charge in [-0.25, -0.2) is 4.68 Å². The van der Waals surface area contributed by atoms with Gasteiger partial charge in [0.05, 0.1) is 11.4 Å². The van der Waals surface area contributed by atoms with Gasteiger partial charge in [-0.1, -0.05) is 18.2 Å². The summed E-state index contributed by atoms with van der Waals surface area (Å²) in [5, 5.41) is 8.26. The number of guanidine groups is 1. The quantitative estimate of drug-likeness (QED) is 0.363. The minimum atomic E-state index is 0. The van der Waals surface area contributed by atoms with E-state index < -0.39 is 0 Å². The van der Waals surface area contributed by atoms with Gasteiger partial charge in [0, 0.05) is 51.7 Å². The van der Waals surface area contributed by atoms with Gasteiger partial charge in [0.25, 0.3) is 0 Å². The van der Waals surface area contributed by atoms with Crippen molar-refractivity contribution in [3.05, 3.63) is 47.3 Å². The predicted octanol–water partition coefficient (Wildman–Crippen LogP) is 3.93. The van der Waals surface area contributed by atoms with E-state index in [-0.39, 0.29) is 24.0 Å². The van der Waals surface area contributed by atoms with E-state index in [1.165, 1.54) is 24.8 Å². The number of aryl methyl sites for hydroxylation is 1. The van der Waals surface area contributed by atoms with Gasteiger partial charge in [-0.05, 0) is 51.2 Å². The van der Waals surface area contributed by atoms with Gasteiger partial charge in [0.15, 0.2) is 5.96 Å². The molecule has 0 unspecified atom stereocenters. The highest BCUT2D eigenvalue weighted by atomic mass is 127. The minimum absolute atomic E-state index is 0. The molecule has 29 heavy (non-hydrogen) atoms. The van der Waals surface area contributed by atoms with Crippen LogP contribution in [0.4, 0.5) is 0 Å². The lowest BCUT2D eigenvalue weighted by Gasteiger charge is -2.26. The van der Waals surface area contributed by atoms with E-state index in [0.29, 0.717) is 0 Å². The Morgan fingerprint density at radius 2 is 1.93 bits per heavy atom. The Morgan fingerprint density at radius 3 is 2.59 bits per heavy atom. The van der Waals surface area contributed by atoms with E-state index in [4.69, 9.17) is 9.84 Å². The first-order valence-electron chi connectivity index (χ1n) is 10.2. The van der Waals surface area contributed by atoms with Gasteiger partial charge in [0.2, 0.25) is 0 Å². The fourth-order valence-corrected chi connectivity index (χ4v) is 3.82. The molecule has 1 aromatic heterocycles. The fraction of sp³-hybridized carbons (Fsp3) is 0.545. The maximum Gasteiger partial charge on any atom is 0.193 e. The number of rotatable bonds is 6. The largest absolute Gasteiger partial charge is 0.381 e. The molecule has 0 aliphatic carbocycles. The summed E-state index contributed by atoms with van der Waals surface area (Å²) >= 11 is 0. The Labute approximate surface area is 191 Å². The van der Waals surface area contributed by atoms with Crippen molar-refractivity contribution in [2.75, 3.05) is 33.9 Å². The van der Waals surface area contributed by atoms with Crippen LogP contribution in [0.25, 0.3) is 5.69 Å². The van der Waals surface area contributed by atoms with Crippen LogP contribution in [0, 0.1) is 19.8 Å². The molecule has 7 heteroatoms.